The summed E-state index contributed by atoms with van der Waals surface area (Å²) >= 11 is 0. The average Bonchev–Trinajstić information content (AvgIpc) is 2.77. The Kier molecular flexibility index (Phi) is 2.67. The second-order valence-electron chi connectivity index (χ2n) is 3.17. The molecule has 0 saturated heterocycles. The summed E-state index contributed by atoms with van der Waals surface area (Å²) < 4.78 is 7.07. The van der Waals surface area contributed by atoms with E-state index in [0.29, 0.717) is 0 Å². The zero-order valence-corrected chi connectivity index (χ0v) is 8.84. The van der Waals surface area contributed by atoms with E-state index in [-0.39, 0.29) is 0 Å². The monoisotopic (exact) mass is 203 g/mol. The quantitative estimate of drug-likeness (QED) is 0.764. The maximum Gasteiger partial charge on any atom is 0.137 e. The first-order chi connectivity index (χ1) is 7.35. The van der Waals surface area contributed by atoms with Crippen molar-refractivity contribution in [1.29, 1.82) is 0 Å². The zero-order chi connectivity index (χ0) is 10.7. The fraction of sp³-hybridized carbons (Fsp3) is 0.273. The number of hydrogen-bond donors (Lipinski definition) is 0. The number of nitrogens with zero attached hydrogens (tertiary/aromatic N) is 3. The Morgan fingerprint density at radius 2 is 2.00 bits per heavy atom. The Hall–Kier alpha value is -1.84. The van der Waals surface area contributed by atoms with E-state index in [9.17, 15) is 0 Å². The van der Waals surface area contributed by atoms with Crippen LogP contribution in [0, 0.1) is 0 Å². The van der Waals surface area contributed by atoms with Gasteiger partial charge in [0.25, 0.3) is 0 Å². The van der Waals surface area contributed by atoms with E-state index in [1.165, 1.54) is 0 Å². The Labute approximate surface area is 88.5 Å². The van der Waals surface area contributed by atoms with Gasteiger partial charge >= 0.3 is 0 Å². The highest BCUT2D eigenvalue weighted by Gasteiger charge is 2.03. The lowest BCUT2D eigenvalue weighted by Gasteiger charge is -2.05. The van der Waals surface area contributed by atoms with E-state index < -0.39 is 0 Å². The summed E-state index contributed by atoms with van der Waals surface area (Å²) in [5.41, 5.74) is 1.05. The normalized spacial score (nSPS) is 10.3. The van der Waals surface area contributed by atoms with E-state index >= 15 is 0 Å². The van der Waals surface area contributed by atoms with Gasteiger partial charge in [0.15, 0.2) is 0 Å². The van der Waals surface area contributed by atoms with Crippen molar-refractivity contribution in [2.75, 3.05) is 7.11 Å². The summed E-state index contributed by atoms with van der Waals surface area (Å²) in [6.45, 7) is 2.06. The molecule has 0 amide bonds. The molecule has 0 saturated carbocycles. The summed E-state index contributed by atoms with van der Waals surface area (Å²) in [6.07, 6.45) is 2.59. The number of aryl methyl sites for hydroxylation is 1. The zero-order valence-electron chi connectivity index (χ0n) is 8.84. The molecule has 2 aromatic rings. The molecule has 0 atom stereocenters. The fourth-order valence-electron chi connectivity index (χ4n) is 1.46. The van der Waals surface area contributed by atoms with Crippen LogP contribution in [0.3, 0.4) is 0 Å². The maximum atomic E-state index is 5.10. The molecular weight excluding hydrogens is 190 g/mol. The van der Waals surface area contributed by atoms with Gasteiger partial charge in [0.1, 0.15) is 17.9 Å². The second kappa shape index (κ2) is 4.13. The van der Waals surface area contributed by atoms with E-state index in [1.54, 1.807) is 13.4 Å². The molecule has 1 aromatic carbocycles. The lowest BCUT2D eigenvalue weighted by molar-refractivity contribution is 0.414. The van der Waals surface area contributed by atoms with Gasteiger partial charge in [-0.3, -0.25) is 4.57 Å². The third-order valence-electron chi connectivity index (χ3n) is 2.29. The van der Waals surface area contributed by atoms with Crippen LogP contribution >= 0.6 is 0 Å². The Balaban J connectivity index is 2.37. The first kappa shape index (κ1) is 9.71. The number of hydrogen-bond acceptors (Lipinski definition) is 3. The molecule has 0 aliphatic heterocycles. The maximum absolute atomic E-state index is 5.10. The molecule has 0 N–H and O–H groups in total. The molecule has 0 bridgehead atoms. The van der Waals surface area contributed by atoms with Gasteiger partial charge < -0.3 is 4.74 Å². The van der Waals surface area contributed by atoms with Crippen LogP contribution in [0.15, 0.2) is 30.6 Å². The number of aromatic nitrogens is 3. The predicted octanol–water partition coefficient (Wildman–Crippen LogP) is 1.84. The first-order valence-corrected chi connectivity index (χ1v) is 4.88. The molecular formula is C11H13N3O. The molecule has 0 fully saturated rings. The largest absolute Gasteiger partial charge is 0.497 e. The SMILES string of the molecule is CCc1nncn1-c1ccc(OC)cc1. The number of methoxy groups -OCH3 is 1. The van der Waals surface area contributed by atoms with Crippen LogP contribution in [0.25, 0.3) is 5.69 Å². The topological polar surface area (TPSA) is 39.9 Å². The van der Waals surface area contributed by atoms with Crippen molar-refractivity contribution in [2.24, 2.45) is 0 Å². The fourth-order valence-corrected chi connectivity index (χ4v) is 1.46. The molecule has 15 heavy (non-hydrogen) atoms. The van der Waals surface area contributed by atoms with Crippen LogP contribution in [0.4, 0.5) is 0 Å². The lowest BCUT2D eigenvalue weighted by Crippen LogP contribution is -1.98. The first-order valence-electron chi connectivity index (χ1n) is 4.88. The highest BCUT2D eigenvalue weighted by atomic mass is 16.5. The Morgan fingerprint density at radius 1 is 1.27 bits per heavy atom. The highest BCUT2D eigenvalue weighted by Crippen LogP contribution is 2.15. The summed E-state index contributed by atoms with van der Waals surface area (Å²) in [4.78, 5) is 0. The minimum Gasteiger partial charge on any atom is -0.497 e. The third-order valence-corrected chi connectivity index (χ3v) is 2.29. The van der Waals surface area contributed by atoms with Gasteiger partial charge in [-0.1, -0.05) is 6.92 Å². The molecule has 4 heteroatoms. The average molecular weight is 203 g/mol. The molecule has 4 nitrogen and oxygen atoms in total. The minimum absolute atomic E-state index is 0.852. The van der Waals surface area contributed by atoms with Crippen molar-refractivity contribution in [3.05, 3.63) is 36.4 Å². The highest BCUT2D eigenvalue weighted by molar-refractivity contribution is 5.37. The van der Waals surface area contributed by atoms with Gasteiger partial charge in [-0.15, -0.1) is 10.2 Å². The van der Waals surface area contributed by atoms with Gasteiger partial charge in [-0.25, -0.2) is 0 Å². The summed E-state index contributed by atoms with van der Waals surface area (Å²) in [5, 5.41) is 7.93. The van der Waals surface area contributed by atoms with E-state index in [0.717, 1.165) is 23.7 Å². The van der Waals surface area contributed by atoms with Crippen LogP contribution in [-0.4, -0.2) is 21.9 Å². The van der Waals surface area contributed by atoms with Gasteiger partial charge in [0.05, 0.1) is 7.11 Å². The van der Waals surface area contributed by atoms with Gasteiger partial charge in [-0.05, 0) is 24.3 Å². The van der Waals surface area contributed by atoms with E-state index in [1.807, 2.05) is 28.8 Å². The van der Waals surface area contributed by atoms with Gasteiger partial charge in [0, 0.05) is 12.1 Å². The van der Waals surface area contributed by atoms with Crippen LogP contribution < -0.4 is 4.74 Å². The van der Waals surface area contributed by atoms with Gasteiger partial charge in [-0.2, -0.15) is 0 Å². The molecule has 1 heterocycles. The summed E-state index contributed by atoms with van der Waals surface area (Å²) in [7, 11) is 1.66. The van der Waals surface area contributed by atoms with Crippen molar-refractivity contribution in [2.45, 2.75) is 13.3 Å². The van der Waals surface area contributed by atoms with Crippen LogP contribution in [-0.2, 0) is 6.42 Å². The molecule has 2 rings (SSSR count). The molecule has 0 radical (unpaired) electrons. The molecule has 1 aromatic heterocycles. The van der Waals surface area contributed by atoms with Crippen molar-refractivity contribution >= 4 is 0 Å². The Bertz CT molecular complexity index is 433. The summed E-state index contributed by atoms with van der Waals surface area (Å²) in [5.74, 6) is 1.81. The van der Waals surface area contributed by atoms with Crippen molar-refractivity contribution in [3.63, 3.8) is 0 Å². The third kappa shape index (κ3) is 1.83. The number of rotatable bonds is 3. The van der Waals surface area contributed by atoms with Crippen LogP contribution in [0.5, 0.6) is 5.75 Å². The number of ether oxygens (including phenoxy) is 1. The van der Waals surface area contributed by atoms with Crippen LogP contribution in [0.2, 0.25) is 0 Å². The van der Waals surface area contributed by atoms with E-state index in [4.69, 9.17) is 4.74 Å². The minimum atomic E-state index is 0.852. The molecule has 0 aliphatic carbocycles. The molecule has 0 aliphatic rings. The van der Waals surface area contributed by atoms with Crippen LogP contribution in [0.1, 0.15) is 12.7 Å². The number of benzene rings is 1. The van der Waals surface area contributed by atoms with Crippen molar-refractivity contribution in [3.8, 4) is 11.4 Å². The molecule has 0 unspecified atom stereocenters. The molecule has 78 valence electrons. The Morgan fingerprint density at radius 3 is 2.60 bits per heavy atom. The van der Waals surface area contributed by atoms with Crippen molar-refractivity contribution < 1.29 is 4.74 Å². The van der Waals surface area contributed by atoms with Gasteiger partial charge in [0.2, 0.25) is 0 Å². The molecule has 0 spiro atoms. The van der Waals surface area contributed by atoms with E-state index in [2.05, 4.69) is 17.1 Å². The summed E-state index contributed by atoms with van der Waals surface area (Å²) in [6, 6.07) is 7.83. The second-order valence-corrected chi connectivity index (χ2v) is 3.17. The smallest absolute Gasteiger partial charge is 0.137 e. The standard InChI is InChI=1S/C11H13N3O/c1-3-11-13-12-8-14(11)9-4-6-10(15-2)7-5-9/h4-8H,3H2,1-2H3. The van der Waals surface area contributed by atoms with Crippen molar-refractivity contribution in [1.82, 2.24) is 14.8 Å². The lowest BCUT2D eigenvalue weighted by atomic mass is 10.3. The predicted molar refractivity (Wildman–Crippen MR) is 57.3 cm³/mol.